The number of methoxy groups -OCH3 is 1. The molecule has 0 aliphatic carbocycles. The molecular formula is C17H18ClNO2S. The second-order valence-corrected chi connectivity index (χ2v) is 6.22. The maximum Gasteiger partial charge on any atom is 0.234 e. The first-order valence-electron chi connectivity index (χ1n) is 6.94. The van der Waals surface area contributed by atoms with Gasteiger partial charge in [-0.15, -0.1) is 0 Å². The summed E-state index contributed by atoms with van der Waals surface area (Å²) in [6.45, 7) is 0. The van der Waals surface area contributed by atoms with E-state index < -0.39 is 0 Å². The largest absolute Gasteiger partial charge is 0.495 e. The maximum absolute atomic E-state index is 12.0. The zero-order valence-corrected chi connectivity index (χ0v) is 13.9. The predicted molar refractivity (Wildman–Crippen MR) is 94.1 cm³/mol. The molecule has 0 unspecified atom stereocenters. The van der Waals surface area contributed by atoms with E-state index in [-0.39, 0.29) is 5.91 Å². The van der Waals surface area contributed by atoms with Crippen molar-refractivity contribution in [3.8, 4) is 5.75 Å². The molecule has 0 heterocycles. The van der Waals surface area contributed by atoms with Crippen LogP contribution in [-0.4, -0.2) is 24.5 Å². The number of anilines is 1. The van der Waals surface area contributed by atoms with Gasteiger partial charge in [-0.2, -0.15) is 11.8 Å². The van der Waals surface area contributed by atoms with Crippen molar-refractivity contribution in [1.29, 1.82) is 0 Å². The summed E-state index contributed by atoms with van der Waals surface area (Å²) < 4.78 is 5.20. The van der Waals surface area contributed by atoms with Crippen molar-refractivity contribution < 1.29 is 9.53 Å². The molecule has 0 bridgehead atoms. The average Bonchev–Trinajstić information content (AvgIpc) is 2.53. The molecule has 0 saturated carbocycles. The van der Waals surface area contributed by atoms with Gasteiger partial charge in [-0.3, -0.25) is 4.79 Å². The second-order valence-electron chi connectivity index (χ2n) is 4.68. The number of amides is 1. The topological polar surface area (TPSA) is 38.3 Å². The van der Waals surface area contributed by atoms with Crippen LogP contribution in [0.3, 0.4) is 0 Å². The molecule has 2 rings (SSSR count). The number of nitrogens with one attached hydrogen (secondary N) is 1. The minimum Gasteiger partial charge on any atom is -0.495 e. The highest BCUT2D eigenvalue weighted by atomic mass is 35.5. The zero-order valence-electron chi connectivity index (χ0n) is 12.3. The number of thioether (sulfide) groups is 1. The molecule has 2 aromatic carbocycles. The lowest BCUT2D eigenvalue weighted by Crippen LogP contribution is -2.15. The summed E-state index contributed by atoms with van der Waals surface area (Å²) in [5.74, 6) is 1.86. The lowest BCUT2D eigenvalue weighted by atomic mass is 10.2. The monoisotopic (exact) mass is 335 g/mol. The van der Waals surface area contributed by atoms with E-state index in [0.29, 0.717) is 22.2 Å². The molecule has 0 fully saturated rings. The van der Waals surface area contributed by atoms with Crippen molar-refractivity contribution in [2.45, 2.75) is 6.42 Å². The molecular weight excluding hydrogens is 318 g/mol. The Kier molecular flexibility index (Phi) is 6.62. The van der Waals surface area contributed by atoms with Crippen LogP contribution in [0.4, 0.5) is 5.69 Å². The van der Waals surface area contributed by atoms with Crippen molar-refractivity contribution in [3.05, 3.63) is 59.1 Å². The van der Waals surface area contributed by atoms with E-state index in [1.165, 1.54) is 5.56 Å². The van der Waals surface area contributed by atoms with E-state index in [4.69, 9.17) is 16.3 Å². The molecule has 116 valence electrons. The molecule has 0 spiro atoms. The maximum atomic E-state index is 12.0. The Morgan fingerprint density at radius 3 is 2.73 bits per heavy atom. The number of aryl methyl sites for hydroxylation is 1. The van der Waals surface area contributed by atoms with Gasteiger partial charge >= 0.3 is 0 Å². The fraction of sp³-hybridized carbons (Fsp3) is 0.235. The Balaban J connectivity index is 1.77. The Labute approximate surface area is 140 Å². The van der Waals surface area contributed by atoms with Crippen LogP contribution in [0.15, 0.2) is 48.5 Å². The first kappa shape index (κ1) is 16.7. The first-order chi connectivity index (χ1) is 10.7. The lowest BCUT2D eigenvalue weighted by molar-refractivity contribution is -0.113. The van der Waals surface area contributed by atoms with Gasteiger partial charge in [0, 0.05) is 5.02 Å². The lowest BCUT2D eigenvalue weighted by Gasteiger charge is -2.10. The zero-order chi connectivity index (χ0) is 15.8. The minimum atomic E-state index is -0.0568. The highest BCUT2D eigenvalue weighted by Gasteiger charge is 2.08. The normalized spacial score (nSPS) is 10.3. The number of hydrogen-bond donors (Lipinski definition) is 1. The third-order valence-electron chi connectivity index (χ3n) is 3.05. The van der Waals surface area contributed by atoms with Crippen LogP contribution < -0.4 is 10.1 Å². The number of ether oxygens (including phenoxy) is 1. The van der Waals surface area contributed by atoms with Crippen LogP contribution in [-0.2, 0) is 11.2 Å². The van der Waals surface area contributed by atoms with E-state index >= 15 is 0 Å². The van der Waals surface area contributed by atoms with E-state index in [1.54, 1.807) is 37.1 Å². The van der Waals surface area contributed by atoms with Crippen molar-refractivity contribution in [3.63, 3.8) is 0 Å². The molecule has 2 aromatic rings. The van der Waals surface area contributed by atoms with E-state index in [0.717, 1.165) is 12.2 Å². The third-order valence-corrected chi connectivity index (χ3v) is 4.24. The Bertz CT molecular complexity index is 619. The number of rotatable bonds is 7. The summed E-state index contributed by atoms with van der Waals surface area (Å²) in [5, 5.41) is 3.39. The van der Waals surface area contributed by atoms with Gasteiger partial charge in [-0.25, -0.2) is 0 Å². The second kappa shape index (κ2) is 8.71. The molecule has 1 amide bonds. The fourth-order valence-electron chi connectivity index (χ4n) is 1.96. The summed E-state index contributed by atoms with van der Waals surface area (Å²) in [6.07, 6.45) is 0.958. The molecule has 5 heteroatoms. The molecule has 22 heavy (non-hydrogen) atoms. The molecule has 0 aromatic heterocycles. The first-order valence-corrected chi connectivity index (χ1v) is 8.47. The Hall–Kier alpha value is -1.65. The van der Waals surface area contributed by atoms with Crippen LogP contribution in [0, 0.1) is 0 Å². The Morgan fingerprint density at radius 1 is 1.23 bits per heavy atom. The smallest absolute Gasteiger partial charge is 0.234 e. The van der Waals surface area contributed by atoms with Crippen LogP contribution in [0.1, 0.15) is 5.56 Å². The average molecular weight is 336 g/mol. The summed E-state index contributed by atoms with van der Waals surface area (Å²) in [6, 6.07) is 15.4. The quantitative estimate of drug-likeness (QED) is 0.768. The van der Waals surface area contributed by atoms with Crippen LogP contribution in [0.25, 0.3) is 0 Å². The summed E-state index contributed by atoms with van der Waals surface area (Å²) in [7, 11) is 1.56. The van der Waals surface area contributed by atoms with Crippen molar-refractivity contribution in [2.24, 2.45) is 0 Å². The number of halogens is 1. The predicted octanol–water partition coefficient (Wildman–Crippen LogP) is 4.26. The van der Waals surface area contributed by atoms with Gasteiger partial charge in [0.2, 0.25) is 5.91 Å². The fourth-order valence-corrected chi connectivity index (χ4v) is 2.92. The van der Waals surface area contributed by atoms with E-state index in [1.807, 2.05) is 18.2 Å². The number of benzene rings is 2. The summed E-state index contributed by atoms with van der Waals surface area (Å²) >= 11 is 7.55. The van der Waals surface area contributed by atoms with Crippen molar-refractivity contribution in [2.75, 3.05) is 23.9 Å². The SMILES string of the molecule is COc1ccc(Cl)cc1NC(=O)CSCCc1ccccc1. The van der Waals surface area contributed by atoms with Crippen molar-refractivity contribution in [1.82, 2.24) is 0 Å². The van der Waals surface area contributed by atoms with Gasteiger partial charge < -0.3 is 10.1 Å². The molecule has 0 aliphatic rings. The van der Waals surface area contributed by atoms with Crippen molar-refractivity contribution >= 4 is 35.0 Å². The summed E-state index contributed by atoms with van der Waals surface area (Å²) in [4.78, 5) is 12.0. The number of carbonyl (C=O) groups excluding carboxylic acids is 1. The molecule has 3 nitrogen and oxygen atoms in total. The molecule has 0 aliphatic heterocycles. The van der Waals surface area contributed by atoms with Gasteiger partial charge in [0.25, 0.3) is 0 Å². The van der Waals surface area contributed by atoms with Crippen LogP contribution in [0.2, 0.25) is 5.02 Å². The van der Waals surface area contributed by atoms with E-state index in [2.05, 4.69) is 17.4 Å². The molecule has 1 N–H and O–H groups in total. The van der Waals surface area contributed by atoms with Gasteiger partial charge in [-0.1, -0.05) is 41.9 Å². The third kappa shape index (κ3) is 5.28. The minimum absolute atomic E-state index is 0.0568. The van der Waals surface area contributed by atoms with Crippen LogP contribution in [0.5, 0.6) is 5.75 Å². The summed E-state index contributed by atoms with van der Waals surface area (Å²) in [5.41, 5.74) is 1.88. The molecule has 0 atom stereocenters. The highest BCUT2D eigenvalue weighted by molar-refractivity contribution is 7.99. The molecule has 0 saturated heterocycles. The standard InChI is InChI=1S/C17H18ClNO2S/c1-21-16-8-7-14(18)11-15(16)19-17(20)12-22-10-9-13-5-3-2-4-6-13/h2-8,11H,9-10,12H2,1H3,(H,19,20). The van der Waals surface area contributed by atoms with Gasteiger partial charge in [0.05, 0.1) is 18.6 Å². The number of carbonyl (C=O) groups is 1. The van der Waals surface area contributed by atoms with E-state index in [9.17, 15) is 4.79 Å². The van der Waals surface area contributed by atoms with Gasteiger partial charge in [0.1, 0.15) is 5.75 Å². The van der Waals surface area contributed by atoms with Gasteiger partial charge in [-0.05, 0) is 35.9 Å². The highest BCUT2D eigenvalue weighted by Crippen LogP contribution is 2.27. The Morgan fingerprint density at radius 2 is 2.00 bits per heavy atom. The van der Waals surface area contributed by atoms with Gasteiger partial charge in [0.15, 0.2) is 0 Å². The van der Waals surface area contributed by atoms with Crippen LogP contribution >= 0.6 is 23.4 Å². The molecule has 0 radical (unpaired) electrons. The number of hydrogen-bond acceptors (Lipinski definition) is 3.